The number of hydrogen-bond acceptors (Lipinski definition) is 3. The highest BCUT2D eigenvalue weighted by Gasteiger charge is 2.21. The molecule has 1 atom stereocenters. The van der Waals surface area contributed by atoms with Gasteiger partial charge in [0.1, 0.15) is 6.04 Å². The number of carbonyl (C=O) groups excluding carboxylic acids is 1. The Morgan fingerprint density at radius 2 is 2.25 bits per heavy atom. The van der Waals surface area contributed by atoms with Gasteiger partial charge in [0, 0.05) is 21.8 Å². The van der Waals surface area contributed by atoms with E-state index in [1.165, 1.54) is 4.90 Å². The number of carboxylic acid groups (broad SMARTS) is 1. The summed E-state index contributed by atoms with van der Waals surface area (Å²) >= 11 is 4.91. The number of nitrogens with zero attached hydrogens (tertiary/aromatic N) is 1. The van der Waals surface area contributed by atoms with Crippen LogP contribution in [0.5, 0.6) is 0 Å². The zero-order valence-electron chi connectivity index (χ0n) is 11.6. The van der Waals surface area contributed by atoms with Crippen molar-refractivity contribution in [1.29, 1.82) is 0 Å². The highest BCUT2D eigenvalue weighted by Crippen LogP contribution is 2.20. The molecule has 0 aliphatic carbocycles. The lowest BCUT2D eigenvalue weighted by Gasteiger charge is -2.20. The van der Waals surface area contributed by atoms with Gasteiger partial charge in [-0.15, -0.1) is 11.3 Å². The number of halogens is 1. The van der Waals surface area contributed by atoms with Crippen LogP contribution in [0.3, 0.4) is 0 Å². The van der Waals surface area contributed by atoms with Gasteiger partial charge in [0.15, 0.2) is 0 Å². The summed E-state index contributed by atoms with van der Waals surface area (Å²) in [7, 11) is 1.65. The fourth-order valence-electron chi connectivity index (χ4n) is 1.67. The maximum absolute atomic E-state index is 12.0. The molecule has 0 aliphatic rings. The standard InChI is InChI=1S/C13H19BrN2O3S/c1-3-4-5-11(12(17)18)15-13(19)16(2)7-10-6-9(14)8-20-10/h6,8,11H,3-5,7H2,1-2H3,(H,15,19)(H,17,18). The zero-order valence-corrected chi connectivity index (χ0v) is 14.0. The SMILES string of the molecule is CCCCC(NC(=O)N(C)Cc1cc(Br)cs1)C(=O)O. The molecule has 1 aromatic heterocycles. The fourth-order valence-corrected chi connectivity index (χ4v) is 3.17. The molecule has 7 heteroatoms. The van der Waals surface area contributed by atoms with Crippen LogP contribution in [0.15, 0.2) is 15.9 Å². The van der Waals surface area contributed by atoms with Crippen LogP contribution in [0.4, 0.5) is 4.79 Å². The molecule has 0 bridgehead atoms. The second kappa shape index (κ2) is 8.26. The van der Waals surface area contributed by atoms with Gasteiger partial charge in [-0.3, -0.25) is 0 Å². The number of unbranched alkanes of at least 4 members (excludes halogenated alkanes) is 1. The van der Waals surface area contributed by atoms with Gasteiger partial charge >= 0.3 is 12.0 Å². The van der Waals surface area contributed by atoms with Gasteiger partial charge in [0.05, 0.1) is 6.54 Å². The summed E-state index contributed by atoms with van der Waals surface area (Å²) in [5, 5.41) is 13.6. The Morgan fingerprint density at radius 3 is 2.75 bits per heavy atom. The first-order valence-corrected chi connectivity index (χ1v) is 8.08. The minimum Gasteiger partial charge on any atom is -0.480 e. The van der Waals surface area contributed by atoms with Crippen molar-refractivity contribution in [2.45, 2.75) is 38.8 Å². The molecule has 20 heavy (non-hydrogen) atoms. The Morgan fingerprint density at radius 1 is 1.55 bits per heavy atom. The molecule has 5 nitrogen and oxygen atoms in total. The maximum Gasteiger partial charge on any atom is 0.326 e. The summed E-state index contributed by atoms with van der Waals surface area (Å²) in [6, 6.07) is 0.762. The Hall–Kier alpha value is -1.08. The number of urea groups is 1. The molecule has 2 amide bonds. The number of nitrogens with one attached hydrogen (secondary N) is 1. The maximum atomic E-state index is 12.0. The molecule has 1 unspecified atom stereocenters. The minimum atomic E-state index is -0.987. The van der Waals surface area contributed by atoms with Crippen molar-refractivity contribution >= 4 is 39.3 Å². The lowest BCUT2D eigenvalue weighted by molar-refractivity contribution is -0.139. The largest absolute Gasteiger partial charge is 0.480 e. The van der Waals surface area contributed by atoms with Gasteiger partial charge in [-0.2, -0.15) is 0 Å². The van der Waals surface area contributed by atoms with E-state index in [2.05, 4.69) is 21.2 Å². The quantitative estimate of drug-likeness (QED) is 0.781. The van der Waals surface area contributed by atoms with Crippen molar-refractivity contribution in [3.8, 4) is 0 Å². The average Bonchev–Trinajstić information content (AvgIpc) is 2.79. The first-order chi connectivity index (χ1) is 9.43. The molecular weight excluding hydrogens is 344 g/mol. The second-order valence-corrected chi connectivity index (χ2v) is 6.48. The number of hydrogen-bond donors (Lipinski definition) is 2. The molecule has 0 saturated carbocycles. The van der Waals surface area contributed by atoms with Crippen LogP contribution in [0, 0.1) is 0 Å². The van der Waals surface area contributed by atoms with E-state index in [1.807, 2.05) is 18.4 Å². The Balaban J connectivity index is 2.52. The van der Waals surface area contributed by atoms with Crippen LogP contribution in [-0.2, 0) is 11.3 Å². The Labute approximate surface area is 131 Å². The summed E-state index contributed by atoms with van der Waals surface area (Å²) in [5.74, 6) is -0.987. The number of aliphatic carboxylic acids is 1. The van der Waals surface area contributed by atoms with E-state index in [4.69, 9.17) is 5.11 Å². The average molecular weight is 363 g/mol. The lowest BCUT2D eigenvalue weighted by Crippen LogP contribution is -2.46. The summed E-state index contributed by atoms with van der Waals surface area (Å²) < 4.78 is 0.984. The van der Waals surface area contributed by atoms with Gasteiger partial charge in [-0.25, -0.2) is 9.59 Å². The molecule has 0 spiro atoms. The van der Waals surface area contributed by atoms with Gasteiger partial charge in [0.2, 0.25) is 0 Å². The summed E-state index contributed by atoms with van der Waals surface area (Å²) in [6.07, 6.45) is 2.13. The Kier molecular flexibility index (Phi) is 7.01. The van der Waals surface area contributed by atoms with Crippen molar-refractivity contribution in [2.75, 3.05) is 7.05 Å². The topological polar surface area (TPSA) is 69.6 Å². The molecule has 0 radical (unpaired) electrons. The van der Waals surface area contributed by atoms with Gasteiger partial charge < -0.3 is 15.3 Å². The van der Waals surface area contributed by atoms with Crippen LogP contribution < -0.4 is 5.32 Å². The van der Waals surface area contributed by atoms with E-state index in [1.54, 1.807) is 18.4 Å². The van der Waals surface area contributed by atoms with Crippen molar-refractivity contribution in [2.24, 2.45) is 0 Å². The second-order valence-electron chi connectivity index (χ2n) is 4.57. The first kappa shape index (κ1) is 17.0. The number of carbonyl (C=O) groups is 2. The summed E-state index contributed by atoms with van der Waals surface area (Å²) in [6.45, 7) is 2.45. The minimum absolute atomic E-state index is 0.363. The first-order valence-electron chi connectivity index (χ1n) is 6.41. The number of rotatable bonds is 7. The number of amides is 2. The van der Waals surface area contributed by atoms with Crippen LogP contribution in [0.1, 0.15) is 31.1 Å². The van der Waals surface area contributed by atoms with Crippen LogP contribution >= 0.6 is 27.3 Å². The number of carboxylic acids is 1. The van der Waals surface area contributed by atoms with Gasteiger partial charge in [-0.1, -0.05) is 19.8 Å². The smallest absolute Gasteiger partial charge is 0.326 e. The molecule has 0 saturated heterocycles. The highest BCUT2D eigenvalue weighted by atomic mass is 79.9. The molecule has 0 aliphatic heterocycles. The van der Waals surface area contributed by atoms with E-state index in [0.717, 1.165) is 22.2 Å². The molecule has 2 N–H and O–H groups in total. The van der Waals surface area contributed by atoms with E-state index < -0.39 is 12.0 Å². The zero-order chi connectivity index (χ0) is 15.1. The summed E-state index contributed by atoms with van der Waals surface area (Å²) in [4.78, 5) is 25.6. The number of thiophene rings is 1. The molecule has 0 aromatic carbocycles. The van der Waals surface area contributed by atoms with Crippen molar-refractivity contribution in [1.82, 2.24) is 10.2 Å². The lowest BCUT2D eigenvalue weighted by atomic mass is 10.1. The third kappa shape index (κ3) is 5.50. The molecule has 1 aromatic rings. The normalized spacial score (nSPS) is 11.9. The summed E-state index contributed by atoms with van der Waals surface area (Å²) in [5.41, 5.74) is 0. The predicted molar refractivity (Wildman–Crippen MR) is 83.0 cm³/mol. The van der Waals surface area contributed by atoms with Crippen molar-refractivity contribution in [3.63, 3.8) is 0 Å². The molecule has 0 fully saturated rings. The van der Waals surface area contributed by atoms with E-state index in [-0.39, 0.29) is 6.03 Å². The molecule has 1 heterocycles. The molecule has 112 valence electrons. The van der Waals surface area contributed by atoms with Crippen LogP contribution in [-0.4, -0.2) is 35.1 Å². The van der Waals surface area contributed by atoms with Gasteiger partial charge in [0.25, 0.3) is 0 Å². The van der Waals surface area contributed by atoms with E-state index >= 15 is 0 Å². The monoisotopic (exact) mass is 362 g/mol. The Bertz CT molecular complexity index is 464. The van der Waals surface area contributed by atoms with Crippen molar-refractivity contribution in [3.05, 3.63) is 20.8 Å². The molecular formula is C13H19BrN2O3S. The van der Waals surface area contributed by atoms with Gasteiger partial charge in [-0.05, 0) is 28.4 Å². The molecule has 1 rings (SSSR count). The fraction of sp³-hybridized carbons (Fsp3) is 0.538. The van der Waals surface area contributed by atoms with E-state index in [9.17, 15) is 9.59 Å². The third-order valence-corrected chi connectivity index (χ3v) is 4.49. The third-order valence-electron chi connectivity index (χ3n) is 2.80. The highest BCUT2D eigenvalue weighted by molar-refractivity contribution is 9.10. The van der Waals surface area contributed by atoms with E-state index in [0.29, 0.717) is 13.0 Å². The van der Waals surface area contributed by atoms with Crippen LogP contribution in [0.25, 0.3) is 0 Å². The van der Waals surface area contributed by atoms with Crippen LogP contribution in [0.2, 0.25) is 0 Å². The predicted octanol–water partition coefficient (Wildman–Crippen LogP) is 3.30. The van der Waals surface area contributed by atoms with Crippen molar-refractivity contribution < 1.29 is 14.7 Å².